The van der Waals surface area contributed by atoms with Gasteiger partial charge in [0.05, 0.1) is 17.7 Å². The van der Waals surface area contributed by atoms with E-state index in [4.69, 9.17) is 4.74 Å². The molecule has 0 spiro atoms. The molecule has 0 heterocycles. The third-order valence-electron chi connectivity index (χ3n) is 6.25. The molecule has 2 amide bonds. The first-order valence-electron chi connectivity index (χ1n) is 12.5. The second kappa shape index (κ2) is 13.1. The summed E-state index contributed by atoms with van der Waals surface area (Å²) < 4.78 is 33.9. The minimum atomic E-state index is -4.10. The minimum Gasteiger partial charge on any atom is -0.497 e. The minimum absolute atomic E-state index is 0.0688. The van der Waals surface area contributed by atoms with Crippen LogP contribution in [-0.4, -0.2) is 57.9 Å². The summed E-state index contributed by atoms with van der Waals surface area (Å²) in [5, 5.41) is 2.76. The van der Waals surface area contributed by atoms with Gasteiger partial charge in [0.15, 0.2) is 0 Å². The van der Waals surface area contributed by atoms with Crippen molar-refractivity contribution in [3.05, 3.63) is 90.0 Å². The predicted octanol–water partition coefficient (Wildman–Crippen LogP) is 3.79. The van der Waals surface area contributed by atoms with E-state index in [1.54, 1.807) is 50.2 Å². The largest absolute Gasteiger partial charge is 0.497 e. The Balaban J connectivity index is 1.97. The molecule has 3 aromatic carbocycles. The Bertz CT molecular complexity index is 1310. The molecule has 1 N–H and O–H groups in total. The lowest BCUT2D eigenvalue weighted by molar-refractivity contribution is -0.138. The van der Waals surface area contributed by atoms with Crippen molar-refractivity contribution in [2.24, 2.45) is 0 Å². The van der Waals surface area contributed by atoms with Gasteiger partial charge in [-0.2, -0.15) is 0 Å². The number of likely N-dealkylation sites (N-methyl/N-ethyl adjacent to an activating group) is 1. The molecule has 0 bridgehead atoms. The summed E-state index contributed by atoms with van der Waals surface area (Å²) in [7, 11) is -2.58. The van der Waals surface area contributed by atoms with Gasteiger partial charge in [-0.25, -0.2) is 8.42 Å². The number of hydrogen-bond donors (Lipinski definition) is 1. The lowest BCUT2D eigenvalue weighted by atomic mass is 10.1. The second-order valence-corrected chi connectivity index (χ2v) is 10.8. The van der Waals surface area contributed by atoms with Crippen LogP contribution in [0.15, 0.2) is 83.8 Å². The molecule has 3 aromatic rings. The highest BCUT2D eigenvalue weighted by molar-refractivity contribution is 7.92. The first-order chi connectivity index (χ1) is 18.2. The van der Waals surface area contributed by atoms with Gasteiger partial charge >= 0.3 is 0 Å². The van der Waals surface area contributed by atoms with Crippen molar-refractivity contribution in [2.75, 3.05) is 31.0 Å². The molecule has 8 nitrogen and oxygen atoms in total. The number of nitrogens with zero attached hydrogens (tertiary/aromatic N) is 2. The zero-order chi connectivity index (χ0) is 27.7. The number of nitrogens with one attached hydrogen (secondary N) is 1. The molecule has 0 saturated heterocycles. The summed E-state index contributed by atoms with van der Waals surface area (Å²) in [5.41, 5.74) is 2.24. The standard InChI is InChI=1S/C29H35N3O5S/c1-5-30-29(34)23(3)31(20-19-24-9-7-6-8-10-24)28(33)21-32(25-13-15-26(37-4)16-14-25)38(35,36)27-17-11-22(2)12-18-27/h6-18,23H,5,19-21H2,1-4H3,(H,30,34)/t23-/m1/s1. The molecule has 3 rings (SSSR count). The number of ether oxygens (including phenoxy) is 1. The molecule has 0 aliphatic rings. The molecule has 0 saturated carbocycles. The van der Waals surface area contributed by atoms with Gasteiger partial charge in [-0.1, -0.05) is 48.0 Å². The van der Waals surface area contributed by atoms with Gasteiger partial charge < -0.3 is 15.0 Å². The van der Waals surface area contributed by atoms with Crippen molar-refractivity contribution in [2.45, 2.75) is 38.1 Å². The molecule has 9 heteroatoms. The van der Waals surface area contributed by atoms with E-state index in [0.717, 1.165) is 15.4 Å². The van der Waals surface area contributed by atoms with Crippen molar-refractivity contribution in [1.82, 2.24) is 10.2 Å². The molecular formula is C29H35N3O5S. The smallest absolute Gasteiger partial charge is 0.264 e. The van der Waals surface area contributed by atoms with Crippen molar-refractivity contribution in [3.63, 3.8) is 0 Å². The zero-order valence-electron chi connectivity index (χ0n) is 22.3. The fourth-order valence-corrected chi connectivity index (χ4v) is 5.42. The van der Waals surface area contributed by atoms with Crippen molar-refractivity contribution >= 4 is 27.5 Å². The van der Waals surface area contributed by atoms with Gasteiger partial charge in [0, 0.05) is 13.1 Å². The molecule has 0 aliphatic carbocycles. The van der Waals surface area contributed by atoms with Gasteiger partial charge in [-0.3, -0.25) is 13.9 Å². The fraction of sp³-hybridized carbons (Fsp3) is 0.310. The van der Waals surface area contributed by atoms with Crippen LogP contribution in [0.2, 0.25) is 0 Å². The van der Waals surface area contributed by atoms with E-state index in [-0.39, 0.29) is 17.3 Å². The van der Waals surface area contributed by atoms with E-state index in [1.807, 2.05) is 37.3 Å². The topological polar surface area (TPSA) is 96.0 Å². The predicted molar refractivity (Wildman–Crippen MR) is 149 cm³/mol. The maximum atomic E-state index is 13.8. The fourth-order valence-electron chi connectivity index (χ4n) is 4.01. The average Bonchev–Trinajstić information content (AvgIpc) is 2.92. The Morgan fingerprint density at radius 1 is 0.947 bits per heavy atom. The highest BCUT2D eigenvalue weighted by atomic mass is 32.2. The number of rotatable bonds is 12. The van der Waals surface area contributed by atoms with Gasteiger partial charge in [0.2, 0.25) is 11.8 Å². The third-order valence-corrected chi connectivity index (χ3v) is 8.04. The molecule has 0 aliphatic heterocycles. The van der Waals surface area contributed by atoms with Crippen LogP contribution < -0.4 is 14.4 Å². The molecule has 202 valence electrons. The summed E-state index contributed by atoms with van der Waals surface area (Å²) in [6, 6.07) is 21.8. The van der Waals surface area contributed by atoms with Crippen LogP contribution in [0.4, 0.5) is 5.69 Å². The van der Waals surface area contributed by atoms with Crippen LogP contribution in [0.3, 0.4) is 0 Å². The van der Waals surface area contributed by atoms with Crippen LogP contribution in [0.25, 0.3) is 0 Å². The third kappa shape index (κ3) is 7.13. The first kappa shape index (κ1) is 28.7. The van der Waals surface area contributed by atoms with E-state index in [1.165, 1.54) is 24.1 Å². The van der Waals surface area contributed by atoms with Crippen molar-refractivity contribution < 1.29 is 22.7 Å². The summed E-state index contributed by atoms with van der Waals surface area (Å²) in [6.45, 7) is 5.53. The Labute approximate surface area is 225 Å². The number of amides is 2. The molecule has 38 heavy (non-hydrogen) atoms. The zero-order valence-corrected chi connectivity index (χ0v) is 23.1. The second-order valence-electron chi connectivity index (χ2n) is 8.92. The number of methoxy groups -OCH3 is 1. The lowest BCUT2D eigenvalue weighted by Gasteiger charge is -2.32. The summed E-state index contributed by atoms with van der Waals surface area (Å²) >= 11 is 0. The highest BCUT2D eigenvalue weighted by Gasteiger charge is 2.32. The first-order valence-corrected chi connectivity index (χ1v) is 14.0. The number of aryl methyl sites for hydroxylation is 1. The van der Waals surface area contributed by atoms with Gasteiger partial charge in [0.25, 0.3) is 10.0 Å². The summed E-state index contributed by atoms with van der Waals surface area (Å²) in [5.74, 6) is -0.223. The van der Waals surface area contributed by atoms with E-state index < -0.39 is 28.5 Å². The van der Waals surface area contributed by atoms with Gasteiger partial charge in [-0.15, -0.1) is 0 Å². The maximum Gasteiger partial charge on any atom is 0.264 e. The normalized spacial score (nSPS) is 11.9. The SMILES string of the molecule is CCNC(=O)[C@@H](C)N(CCc1ccccc1)C(=O)CN(c1ccc(OC)cc1)S(=O)(=O)c1ccc(C)cc1. The van der Waals surface area contributed by atoms with Crippen LogP contribution >= 0.6 is 0 Å². The van der Waals surface area contributed by atoms with E-state index in [9.17, 15) is 18.0 Å². The maximum absolute atomic E-state index is 13.8. The highest BCUT2D eigenvalue weighted by Crippen LogP contribution is 2.26. The van der Waals surface area contributed by atoms with Crippen LogP contribution in [0.1, 0.15) is 25.0 Å². The van der Waals surface area contributed by atoms with Crippen molar-refractivity contribution in [1.29, 1.82) is 0 Å². The molecule has 0 aromatic heterocycles. The van der Waals surface area contributed by atoms with E-state index in [0.29, 0.717) is 24.4 Å². The summed E-state index contributed by atoms with van der Waals surface area (Å²) in [6.07, 6.45) is 0.517. The number of sulfonamides is 1. The van der Waals surface area contributed by atoms with Crippen LogP contribution in [0, 0.1) is 6.92 Å². The van der Waals surface area contributed by atoms with Crippen molar-refractivity contribution in [3.8, 4) is 5.75 Å². The van der Waals surface area contributed by atoms with E-state index >= 15 is 0 Å². The average molecular weight is 538 g/mol. The Kier molecular flexibility index (Phi) is 9.90. The number of carbonyl (C=O) groups excluding carboxylic acids is 2. The van der Waals surface area contributed by atoms with Crippen LogP contribution in [0.5, 0.6) is 5.75 Å². The monoisotopic (exact) mass is 537 g/mol. The number of benzene rings is 3. The number of anilines is 1. The van der Waals surface area contributed by atoms with Gasteiger partial charge in [-0.05, 0) is 69.2 Å². The molecule has 1 atom stereocenters. The molecule has 0 radical (unpaired) electrons. The molecule has 0 fully saturated rings. The number of hydrogen-bond acceptors (Lipinski definition) is 5. The quantitative estimate of drug-likeness (QED) is 0.379. The molecular weight excluding hydrogens is 502 g/mol. The lowest BCUT2D eigenvalue weighted by Crippen LogP contribution is -2.52. The Morgan fingerprint density at radius 2 is 1.58 bits per heavy atom. The summed E-state index contributed by atoms with van der Waals surface area (Å²) in [4.78, 5) is 28.0. The molecule has 0 unspecified atom stereocenters. The van der Waals surface area contributed by atoms with E-state index in [2.05, 4.69) is 5.32 Å². The van der Waals surface area contributed by atoms with Gasteiger partial charge in [0.1, 0.15) is 18.3 Å². The number of carbonyl (C=O) groups is 2. The Morgan fingerprint density at radius 3 is 2.16 bits per heavy atom. The van der Waals surface area contributed by atoms with Crippen LogP contribution in [-0.2, 0) is 26.0 Å². The Hall–Kier alpha value is -3.85.